The van der Waals surface area contributed by atoms with Crippen molar-refractivity contribution in [3.63, 3.8) is 0 Å². The summed E-state index contributed by atoms with van der Waals surface area (Å²) < 4.78 is 4.64. The van der Waals surface area contributed by atoms with Gasteiger partial charge in [-0.15, -0.1) is 0 Å². The lowest BCUT2D eigenvalue weighted by atomic mass is 9.93. The van der Waals surface area contributed by atoms with E-state index in [2.05, 4.69) is 47.9 Å². The first kappa shape index (κ1) is 14.9. The van der Waals surface area contributed by atoms with E-state index >= 15 is 0 Å². The second-order valence-corrected chi connectivity index (χ2v) is 6.31. The summed E-state index contributed by atoms with van der Waals surface area (Å²) in [7, 11) is 5.48. The van der Waals surface area contributed by atoms with Crippen LogP contribution in [0.5, 0.6) is 0 Å². The predicted molar refractivity (Wildman–Crippen MR) is 74.3 cm³/mol. The zero-order valence-electron chi connectivity index (χ0n) is 11.6. The molecule has 102 valence electrons. The molecular weight excluding hydrogens is 250 g/mol. The highest BCUT2D eigenvalue weighted by atomic mass is 32.1. The third kappa shape index (κ3) is 4.62. The lowest BCUT2D eigenvalue weighted by Gasteiger charge is -2.28. The summed E-state index contributed by atoms with van der Waals surface area (Å²) in [5.74, 6) is -0.340. The van der Waals surface area contributed by atoms with Crippen LogP contribution in [-0.4, -0.2) is 50.1 Å². The van der Waals surface area contributed by atoms with Gasteiger partial charge in [0.15, 0.2) is 5.13 Å². The van der Waals surface area contributed by atoms with Gasteiger partial charge >= 0.3 is 5.97 Å². The van der Waals surface area contributed by atoms with Crippen LogP contribution < -0.4 is 5.32 Å². The van der Waals surface area contributed by atoms with E-state index in [9.17, 15) is 4.79 Å². The van der Waals surface area contributed by atoms with Crippen molar-refractivity contribution in [1.29, 1.82) is 0 Å². The molecule has 0 aliphatic rings. The molecule has 1 aromatic heterocycles. The minimum atomic E-state index is -0.340. The zero-order chi connectivity index (χ0) is 13.8. The van der Waals surface area contributed by atoms with Crippen molar-refractivity contribution in [1.82, 2.24) is 9.88 Å². The van der Waals surface area contributed by atoms with Gasteiger partial charge < -0.3 is 15.0 Å². The van der Waals surface area contributed by atoms with Gasteiger partial charge in [0.2, 0.25) is 0 Å². The normalized spacial score (nSPS) is 11.7. The first-order chi connectivity index (χ1) is 8.34. The average molecular weight is 271 g/mol. The quantitative estimate of drug-likeness (QED) is 0.801. The van der Waals surface area contributed by atoms with Gasteiger partial charge in [0, 0.05) is 13.1 Å². The molecule has 0 atom stereocenters. The molecule has 0 unspecified atom stereocenters. The predicted octanol–water partition coefficient (Wildman–Crippen LogP) is 1.93. The van der Waals surface area contributed by atoms with Crippen LogP contribution in [0.2, 0.25) is 0 Å². The highest BCUT2D eigenvalue weighted by Crippen LogP contribution is 2.22. The molecular formula is C12H21N3O2S. The molecule has 0 saturated carbocycles. The maximum absolute atomic E-state index is 11.3. The smallest absolute Gasteiger partial charge is 0.349 e. The van der Waals surface area contributed by atoms with E-state index in [1.54, 1.807) is 0 Å². The number of nitrogens with one attached hydrogen (secondary N) is 1. The van der Waals surface area contributed by atoms with E-state index in [0.29, 0.717) is 4.88 Å². The summed E-state index contributed by atoms with van der Waals surface area (Å²) in [6, 6.07) is 0. The van der Waals surface area contributed by atoms with Crippen LogP contribution in [0.3, 0.4) is 0 Å². The summed E-state index contributed by atoms with van der Waals surface area (Å²) in [4.78, 5) is 18.1. The Hall–Kier alpha value is -1.14. The van der Waals surface area contributed by atoms with Crippen molar-refractivity contribution in [2.24, 2.45) is 5.41 Å². The standard InChI is InChI=1S/C12H21N3O2S/c1-12(2,8-15(3)4)7-14-11-13-6-9(18-11)10(16)17-5/h6H,7-8H2,1-5H3,(H,13,14). The number of carbonyl (C=O) groups excluding carboxylic acids is 1. The van der Waals surface area contributed by atoms with Crippen LogP contribution in [0, 0.1) is 5.41 Å². The van der Waals surface area contributed by atoms with Gasteiger partial charge in [-0.2, -0.15) is 0 Å². The molecule has 1 rings (SSSR count). The fraction of sp³-hybridized carbons (Fsp3) is 0.667. The number of rotatable bonds is 6. The third-order valence-electron chi connectivity index (χ3n) is 2.35. The fourth-order valence-corrected chi connectivity index (χ4v) is 2.51. The molecule has 0 aliphatic heterocycles. The number of anilines is 1. The second kappa shape index (κ2) is 6.15. The summed E-state index contributed by atoms with van der Waals surface area (Å²) in [6.07, 6.45) is 1.54. The second-order valence-electron chi connectivity index (χ2n) is 5.28. The molecule has 5 nitrogen and oxygen atoms in total. The Labute approximate surface area is 112 Å². The summed E-state index contributed by atoms with van der Waals surface area (Å²) >= 11 is 1.31. The summed E-state index contributed by atoms with van der Waals surface area (Å²) in [5.41, 5.74) is 0.139. The molecule has 0 saturated heterocycles. The highest BCUT2D eigenvalue weighted by Gasteiger charge is 2.19. The zero-order valence-corrected chi connectivity index (χ0v) is 12.4. The first-order valence-corrected chi connectivity index (χ1v) is 6.58. The largest absolute Gasteiger partial charge is 0.465 e. The number of methoxy groups -OCH3 is 1. The summed E-state index contributed by atoms with van der Waals surface area (Å²) in [6.45, 7) is 6.16. The maximum atomic E-state index is 11.3. The number of esters is 1. The molecule has 1 N–H and O–H groups in total. The van der Waals surface area contributed by atoms with Crippen LogP contribution in [0.1, 0.15) is 23.5 Å². The molecule has 0 amide bonds. The monoisotopic (exact) mass is 271 g/mol. The minimum absolute atomic E-state index is 0.139. The van der Waals surface area contributed by atoms with Crippen LogP contribution in [0.25, 0.3) is 0 Å². The van der Waals surface area contributed by atoms with Crippen LogP contribution >= 0.6 is 11.3 Å². The Morgan fingerprint density at radius 1 is 1.56 bits per heavy atom. The number of hydrogen-bond donors (Lipinski definition) is 1. The fourth-order valence-electron chi connectivity index (χ4n) is 1.78. The van der Waals surface area contributed by atoms with Crippen molar-refractivity contribution >= 4 is 22.4 Å². The number of nitrogens with zero attached hydrogens (tertiary/aromatic N) is 2. The van der Waals surface area contributed by atoms with Crippen molar-refractivity contribution in [3.05, 3.63) is 11.1 Å². The van der Waals surface area contributed by atoms with Crippen LogP contribution in [-0.2, 0) is 4.74 Å². The molecule has 0 fully saturated rings. The minimum Gasteiger partial charge on any atom is -0.465 e. The topological polar surface area (TPSA) is 54.5 Å². The lowest BCUT2D eigenvalue weighted by Crippen LogP contribution is -2.34. The van der Waals surface area contributed by atoms with Crippen molar-refractivity contribution in [3.8, 4) is 0 Å². The van der Waals surface area contributed by atoms with Gasteiger partial charge in [0.05, 0.1) is 13.3 Å². The SMILES string of the molecule is COC(=O)c1cnc(NCC(C)(C)CN(C)C)s1. The van der Waals surface area contributed by atoms with E-state index < -0.39 is 0 Å². The van der Waals surface area contributed by atoms with Gasteiger partial charge in [-0.05, 0) is 19.5 Å². The number of hydrogen-bond acceptors (Lipinski definition) is 6. The van der Waals surface area contributed by atoms with Gasteiger partial charge in [-0.3, -0.25) is 0 Å². The number of thiazole rings is 1. The average Bonchev–Trinajstić information content (AvgIpc) is 2.72. The van der Waals surface area contributed by atoms with Gasteiger partial charge in [-0.25, -0.2) is 9.78 Å². The Bertz CT molecular complexity index is 402. The molecule has 18 heavy (non-hydrogen) atoms. The van der Waals surface area contributed by atoms with E-state index in [0.717, 1.165) is 18.2 Å². The Kier molecular flexibility index (Phi) is 5.10. The summed E-state index contributed by atoms with van der Waals surface area (Å²) in [5, 5.41) is 4.01. The Morgan fingerprint density at radius 2 is 2.22 bits per heavy atom. The van der Waals surface area contributed by atoms with Crippen molar-refractivity contribution in [2.45, 2.75) is 13.8 Å². The molecule has 0 aromatic carbocycles. The van der Waals surface area contributed by atoms with Gasteiger partial charge in [0.1, 0.15) is 4.88 Å². The Balaban J connectivity index is 2.53. The number of ether oxygens (including phenoxy) is 1. The molecule has 1 heterocycles. The first-order valence-electron chi connectivity index (χ1n) is 5.77. The van der Waals surface area contributed by atoms with Gasteiger partial charge in [-0.1, -0.05) is 25.2 Å². The molecule has 6 heteroatoms. The lowest BCUT2D eigenvalue weighted by molar-refractivity contribution is 0.0606. The Morgan fingerprint density at radius 3 is 2.78 bits per heavy atom. The van der Waals surface area contributed by atoms with E-state index in [1.807, 2.05) is 0 Å². The molecule has 1 aromatic rings. The van der Waals surface area contributed by atoms with Crippen molar-refractivity contribution in [2.75, 3.05) is 39.6 Å². The van der Waals surface area contributed by atoms with Crippen molar-refractivity contribution < 1.29 is 9.53 Å². The van der Waals surface area contributed by atoms with Crippen LogP contribution in [0.15, 0.2) is 6.20 Å². The van der Waals surface area contributed by atoms with E-state index in [1.165, 1.54) is 24.6 Å². The molecule has 0 spiro atoms. The molecule has 0 radical (unpaired) electrons. The van der Waals surface area contributed by atoms with Gasteiger partial charge in [0.25, 0.3) is 0 Å². The maximum Gasteiger partial charge on any atom is 0.349 e. The molecule has 0 bridgehead atoms. The molecule has 0 aliphatic carbocycles. The van der Waals surface area contributed by atoms with E-state index in [4.69, 9.17) is 0 Å². The van der Waals surface area contributed by atoms with Crippen LogP contribution in [0.4, 0.5) is 5.13 Å². The number of aromatic nitrogens is 1. The third-order valence-corrected chi connectivity index (χ3v) is 3.29. The number of carbonyl (C=O) groups is 1. The van der Waals surface area contributed by atoms with E-state index in [-0.39, 0.29) is 11.4 Å². The highest BCUT2D eigenvalue weighted by molar-refractivity contribution is 7.17.